The van der Waals surface area contributed by atoms with Gasteiger partial charge in [-0.2, -0.15) is 13.2 Å². The number of hydrogen-bond donors (Lipinski definition) is 0. The third kappa shape index (κ3) is 3.51. The number of rotatable bonds is 2. The number of amides is 1. The Hall–Kier alpha value is -2.56. The molecule has 2 nitrogen and oxygen atoms in total. The van der Waals surface area contributed by atoms with E-state index in [0.717, 1.165) is 22.8 Å². The van der Waals surface area contributed by atoms with Crippen molar-refractivity contribution in [3.63, 3.8) is 0 Å². The fourth-order valence-corrected chi connectivity index (χ4v) is 4.13. The summed E-state index contributed by atoms with van der Waals surface area (Å²) in [5.74, 6) is -0.157. The number of piperidine rings is 1. The lowest BCUT2D eigenvalue weighted by molar-refractivity contribution is -0.138. The number of carbonyl (C=O) groups excluding carboxylic acids is 1. The van der Waals surface area contributed by atoms with Crippen LogP contribution in [0.5, 0.6) is 0 Å². The van der Waals surface area contributed by atoms with E-state index in [1.165, 1.54) is 6.07 Å². The number of benzene rings is 2. The van der Waals surface area contributed by atoms with Crippen LogP contribution in [0, 0.1) is 0 Å². The van der Waals surface area contributed by atoms with Crippen LogP contribution < -0.4 is 0 Å². The first-order valence-corrected chi connectivity index (χ1v) is 9.17. The first kappa shape index (κ1) is 17.8. The molecule has 2 aliphatic rings. The van der Waals surface area contributed by atoms with Crippen molar-refractivity contribution in [2.75, 3.05) is 13.1 Å². The van der Waals surface area contributed by atoms with Crippen LogP contribution in [-0.2, 0) is 17.4 Å². The van der Waals surface area contributed by atoms with E-state index in [1.54, 1.807) is 17.0 Å². The van der Waals surface area contributed by atoms with Crippen molar-refractivity contribution >= 4 is 12.0 Å². The summed E-state index contributed by atoms with van der Waals surface area (Å²) in [6, 6.07) is 13.7. The quantitative estimate of drug-likeness (QED) is 0.723. The standard InChI is InChI=1S/C22H20F3NO/c23-22(24,25)20-8-4-3-7-19(20)15-9-11-26(12-10-15)21(27)18-13-16-5-1-2-6-17(16)14-18/h1-8,13,15H,9-12,14H2. The summed E-state index contributed by atoms with van der Waals surface area (Å²) < 4.78 is 39.8. The van der Waals surface area contributed by atoms with Crippen molar-refractivity contribution in [2.24, 2.45) is 0 Å². The molecule has 2 aromatic rings. The number of nitrogens with zero attached hydrogens (tertiary/aromatic N) is 1. The maximum atomic E-state index is 13.3. The van der Waals surface area contributed by atoms with Crippen molar-refractivity contribution < 1.29 is 18.0 Å². The maximum absolute atomic E-state index is 13.3. The molecular formula is C22H20F3NO. The predicted molar refractivity (Wildman–Crippen MR) is 98.1 cm³/mol. The largest absolute Gasteiger partial charge is 0.416 e. The zero-order chi connectivity index (χ0) is 19.0. The average Bonchev–Trinajstić information content (AvgIpc) is 3.11. The van der Waals surface area contributed by atoms with Crippen molar-refractivity contribution in [2.45, 2.75) is 31.4 Å². The summed E-state index contributed by atoms with van der Waals surface area (Å²) >= 11 is 0. The number of hydrogen-bond acceptors (Lipinski definition) is 1. The van der Waals surface area contributed by atoms with Gasteiger partial charge >= 0.3 is 6.18 Å². The second-order valence-electron chi connectivity index (χ2n) is 7.20. The number of halogens is 3. The maximum Gasteiger partial charge on any atom is 0.416 e. The summed E-state index contributed by atoms with van der Waals surface area (Å²) in [4.78, 5) is 14.6. The first-order valence-electron chi connectivity index (χ1n) is 9.17. The molecule has 1 amide bonds. The van der Waals surface area contributed by atoms with Crippen LogP contribution in [0.3, 0.4) is 0 Å². The Kier molecular flexibility index (Phi) is 4.54. The highest BCUT2D eigenvalue weighted by Crippen LogP contribution is 2.39. The third-order valence-corrected chi connectivity index (χ3v) is 5.53. The van der Waals surface area contributed by atoms with Gasteiger partial charge in [-0.15, -0.1) is 0 Å². The molecule has 1 aliphatic carbocycles. The van der Waals surface area contributed by atoms with Gasteiger partial charge in [0.1, 0.15) is 0 Å². The zero-order valence-electron chi connectivity index (χ0n) is 14.8. The molecule has 0 saturated carbocycles. The molecule has 0 N–H and O–H groups in total. The van der Waals surface area contributed by atoms with Crippen LogP contribution in [0.25, 0.3) is 6.08 Å². The lowest BCUT2D eigenvalue weighted by atomic mass is 9.86. The molecular weight excluding hydrogens is 351 g/mol. The second kappa shape index (κ2) is 6.87. The molecule has 0 spiro atoms. The lowest BCUT2D eigenvalue weighted by Crippen LogP contribution is -2.39. The van der Waals surface area contributed by atoms with Gasteiger partial charge in [0.15, 0.2) is 0 Å². The monoisotopic (exact) mass is 371 g/mol. The van der Waals surface area contributed by atoms with E-state index >= 15 is 0 Å². The molecule has 27 heavy (non-hydrogen) atoms. The minimum Gasteiger partial charge on any atom is -0.339 e. The van der Waals surface area contributed by atoms with Crippen molar-refractivity contribution in [1.29, 1.82) is 0 Å². The molecule has 1 fully saturated rings. The van der Waals surface area contributed by atoms with Gasteiger partial charge in [0.05, 0.1) is 5.56 Å². The highest BCUT2D eigenvalue weighted by atomic mass is 19.4. The van der Waals surface area contributed by atoms with Crippen LogP contribution in [0.1, 0.15) is 41.0 Å². The second-order valence-corrected chi connectivity index (χ2v) is 7.20. The highest BCUT2D eigenvalue weighted by Gasteiger charge is 2.36. The van der Waals surface area contributed by atoms with Crippen LogP contribution in [0.2, 0.25) is 0 Å². The van der Waals surface area contributed by atoms with Crippen LogP contribution in [-0.4, -0.2) is 23.9 Å². The summed E-state index contributed by atoms with van der Waals surface area (Å²) in [6.07, 6.45) is -0.670. The first-order chi connectivity index (χ1) is 12.9. The molecule has 5 heteroatoms. The number of fused-ring (bicyclic) bond motifs is 1. The van der Waals surface area contributed by atoms with Crippen molar-refractivity contribution in [3.05, 3.63) is 76.4 Å². The molecule has 1 saturated heterocycles. The molecule has 1 heterocycles. The Morgan fingerprint density at radius 3 is 2.33 bits per heavy atom. The van der Waals surface area contributed by atoms with Crippen molar-refractivity contribution in [3.8, 4) is 0 Å². The van der Waals surface area contributed by atoms with E-state index in [-0.39, 0.29) is 11.8 Å². The molecule has 0 radical (unpaired) electrons. The zero-order valence-corrected chi connectivity index (χ0v) is 14.8. The summed E-state index contributed by atoms with van der Waals surface area (Å²) in [6.45, 7) is 0.979. The molecule has 4 rings (SSSR count). The topological polar surface area (TPSA) is 20.3 Å². The minimum atomic E-state index is -4.34. The van der Waals surface area contributed by atoms with Gasteiger partial charge in [0.2, 0.25) is 5.91 Å². The molecule has 0 aromatic heterocycles. The lowest BCUT2D eigenvalue weighted by Gasteiger charge is -2.33. The van der Waals surface area contributed by atoms with Gasteiger partial charge in [-0.25, -0.2) is 0 Å². The van der Waals surface area contributed by atoms with Crippen molar-refractivity contribution in [1.82, 2.24) is 4.90 Å². The van der Waals surface area contributed by atoms with Gasteiger partial charge < -0.3 is 4.90 Å². The van der Waals surface area contributed by atoms with E-state index < -0.39 is 11.7 Å². The Balaban J connectivity index is 1.44. The number of carbonyl (C=O) groups is 1. The molecule has 0 atom stereocenters. The van der Waals surface area contributed by atoms with E-state index in [0.29, 0.717) is 37.9 Å². The molecule has 140 valence electrons. The Morgan fingerprint density at radius 1 is 0.963 bits per heavy atom. The third-order valence-electron chi connectivity index (χ3n) is 5.53. The van der Waals surface area contributed by atoms with Gasteiger partial charge in [0, 0.05) is 25.1 Å². The predicted octanol–water partition coefficient (Wildman–Crippen LogP) is 5.05. The highest BCUT2D eigenvalue weighted by molar-refractivity contribution is 6.00. The summed E-state index contributed by atoms with van der Waals surface area (Å²) in [5, 5.41) is 0. The number of alkyl halides is 3. The fraction of sp³-hybridized carbons (Fsp3) is 0.318. The smallest absolute Gasteiger partial charge is 0.339 e. The van der Waals surface area contributed by atoms with Gasteiger partial charge in [0.25, 0.3) is 0 Å². The minimum absolute atomic E-state index is 0.00811. The van der Waals surface area contributed by atoms with Crippen LogP contribution >= 0.6 is 0 Å². The molecule has 0 unspecified atom stereocenters. The summed E-state index contributed by atoms with van der Waals surface area (Å²) in [7, 11) is 0. The van der Waals surface area contributed by atoms with E-state index in [2.05, 4.69) is 0 Å². The van der Waals surface area contributed by atoms with Crippen LogP contribution in [0.4, 0.5) is 13.2 Å². The average molecular weight is 371 g/mol. The van der Waals surface area contributed by atoms with E-state index in [1.807, 2.05) is 30.3 Å². The normalized spacial score (nSPS) is 17.6. The van der Waals surface area contributed by atoms with E-state index in [4.69, 9.17) is 0 Å². The summed E-state index contributed by atoms with van der Waals surface area (Å²) in [5.41, 5.74) is 2.79. The molecule has 1 aliphatic heterocycles. The van der Waals surface area contributed by atoms with Crippen LogP contribution in [0.15, 0.2) is 54.1 Å². The van der Waals surface area contributed by atoms with Gasteiger partial charge in [-0.1, -0.05) is 42.5 Å². The van der Waals surface area contributed by atoms with Gasteiger partial charge in [-0.05, 0) is 47.6 Å². The Labute approximate surface area is 156 Å². The SMILES string of the molecule is O=C(C1=Cc2ccccc2C1)N1CCC(c2ccccc2C(F)(F)F)CC1. The fourth-order valence-electron chi connectivity index (χ4n) is 4.13. The van der Waals surface area contributed by atoms with E-state index in [9.17, 15) is 18.0 Å². The van der Waals surface area contributed by atoms with Gasteiger partial charge in [-0.3, -0.25) is 4.79 Å². The Morgan fingerprint density at radius 2 is 1.63 bits per heavy atom. The molecule has 0 bridgehead atoms. The number of likely N-dealkylation sites (tertiary alicyclic amines) is 1. The Bertz CT molecular complexity index is 892. The molecule has 2 aromatic carbocycles.